The predicted octanol–water partition coefficient (Wildman–Crippen LogP) is 2.29. The predicted molar refractivity (Wildman–Crippen MR) is 87.3 cm³/mol. The topological polar surface area (TPSA) is 45.4 Å². The van der Waals surface area contributed by atoms with E-state index in [1.165, 1.54) is 16.8 Å². The molecule has 4 nitrogen and oxygen atoms in total. The van der Waals surface area contributed by atoms with E-state index in [1.54, 1.807) is 6.20 Å². The van der Waals surface area contributed by atoms with Gasteiger partial charge in [0, 0.05) is 44.6 Å². The van der Waals surface area contributed by atoms with Gasteiger partial charge in [-0.05, 0) is 42.3 Å². The lowest BCUT2D eigenvalue weighted by Crippen LogP contribution is -2.46. The van der Waals surface area contributed by atoms with Crippen molar-refractivity contribution in [2.45, 2.75) is 13.5 Å². The molecule has 0 radical (unpaired) electrons. The van der Waals surface area contributed by atoms with Gasteiger partial charge in [0.2, 0.25) is 0 Å². The maximum atomic E-state index is 5.74. The number of aromatic nitrogens is 1. The minimum atomic E-state index is 0.603. The normalized spacial score (nSPS) is 16.1. The highest BCUT2D eigenvalue weighted by atomic mass is 15.3. The summed E-state index contributed by atoms with van der Waals surface area (Å²) in [5.41, 5.74) is 9.64. The van der Waals surface area contributed by atoms with Crippen molar-refractivity contribution in [3.05, 3.63) is 53.7 Å². The zero-order valence-electron chi connectivity index (χ0n) is 12.5. The van der Waals surface area contributed by atoms with Gasteiger partial charge in [0.15, 0.2) is 0 Å². The number of pyridine rings is 1. The van der Waals surface area contributed by atoms with Crippen molar-refractivity contribution in [1.82, 2.24) is 9.88 Å². The van der Waals surface area contributed by atoms with Crippen LogP contribution < -0.4 is 10.6 Å². The van der Waals surface area contributed by atoms with Crippen LogP contribution in [0.15, 0.2) is 42.6 Å². The molecule has 1 aliphatic heterocycles. The van der Waals surface area contributed by atoms with Gasteiger partial charge >= 0.3 is 0 Å². The monoisotopic (exact) mass is 282 g/mol. The fourth-order valence-electron chi connectivity index (χ4n) is 2.84. The molecule has 110 valence electrons. The van der Waals surface area contributed by atoms with Crippen LogP contribution in [0.4, 0.5) is 11.5 Å². The second-order valence-electron chi connectivity index (χ2n) is 5.69. The molecule has 2 N–H and O–H groups in total. The van der Waals surface area contributed by atoms with Gasteiger partial charge in [-0.3, -0.25) is 4.90 Å². The van der Waals surface area contributed by atoms with Crippen molar-refractivity contribution in [1.29, 1.82) is 0 Å². The van der Waals surface area contributed by atoms with Crippen LogP contribution in [0.5, 0.6) is 0 Å². The number of piperazine rings is 1. The Morgan fingerprint density at radius 1 is 1.10 bits per heavy atom. The summed E-state index contributed by atoms with van der Waals surface area (Å²) in [5, 5.41) is 0. The molecule has 3 rings (SSSR count). The van der Waals surface area contributed by atoms with Crippen molar-refractivity contribution in [2.24, 2.45) is 0 Å². The lowest BCUT2D eigenvalue weighted by Gasteiger charge is -2.36. The molecule has 1 aromatic heterocycles. The average Bonchev–Trinajstić information content (AvgIpc) is 2.48. The summed E-state index contributed by atoms with van der Waals surface area (Å²) >= 11 is 0. The molecule has 1 fully saturated rings. The average molecular weight is 282 g/mol. The van der Waals surface area contributed by atoms with E-state index in [4.69, 9.17) is 5.73 Å². The molecule has 0 aliphatic carbocycles. The van der Waals surface area contributed by atoms with Crippen molar-refractivity contribution < 1.29 is 0 Å². The van der Waals surface area contributed by atoms with E-state index in [-0.39, 0.29) is 0 Å². The highest BCUT2D eigenvalue weighted by molar-refractivity contribution is 5.48. The van der Waals surface area contributed by atoms with E-state index < -0.39 is 0 Å². The molecule has 0 atom stereocenters. The van der Waals surface area contributed by atoms with E-state index >= 15 is 0 Å². The van der Waals surface area contributed by atoms with Gasteiger partial charge in [0.25, 0.3) is 0 Å². The number of benzene rings is 1. The quantitative estimate of drug-likeness (QED) is 0.938. The first-order valence-corrected chi connectivity index (χ1v) is 7.45. The molecule has 1 aliphatic rings. The van der Waals surface area contributed by atoms with Crippen LogP contribution in [0.1, 0.15) is 11.1 Å². The van der Waals surface area contributed by atoms with E-state index in [2.05, 4.69) is 46.0 Å². The van der Waals surface area contributed by atoms with Gasteiger partial charge in [-0.2, -0.15) is 0 Å². The third kappa shape index (κ3) is 3.52. The Morgan fingerprint density at radius 2 is 1.90 bits per heavy atom. The van der Waals surface area contributed by atoms with Gasteiger partial charge in [-0.1, -0.05) is 12.1 Å². The van der Waals surface area contributed by atoms with Crippen LogP contribution >= 0.6 is 0 Å². The Labute approximate surface area is 126 Å². The van der Waals surface area contributed by atoms with Crippen molar-refractivity contribution >= 4 is 11.5 Å². The number of aryl methyl sites for hydroxylation is 1. The highest BCUT2D eigenvalue weighted by Crippen LogP contribution is 2.18. The number of hydrogen-bond donors (Lipinski definition) is 1. The highest BCUT2D eigenvalue weighted by Gasteiger charge is 2.17. The molecule has 1 aromatic carbocycles. The Bertz CT molecular complexity index is 603. The molecular formula is C17H22N4. The van der Waals surface area contributed by atoms with Crippen molar-refractivity contribution in [2.75, 3.05) is 36.8 Å². The summed E-state index contributed by atoms with van der Waals surface area (Å²) in [6.45, 7) is 7.41. The van der Waals surface area contributed by atoms with Crippen LogP contribution in [-0.4, -0.2) is 36.1 Å². The van der Waals surface area contributed by atoms with Crippen molar-refractivity contribution in [3.8, 4) is 0 Å². The fourth-order valence-corrected chi connectivity index (χ4v) is 2.84. The van der Waals surface area contributed by atoms with Crippen molar-refractivity contribution in [3.63, 3.8) is 0 Å². The number of rotatable bonds is 3. The van der Waals surface area contributed by atoms with Crippen LogP contribution in [-0.2, 0) is 6.54 Å². The second kappa shape index (κ2) is 6.14. The van der Waals surface area contributed by atoms with E-state index in [0.717, 1.165) is 32.7 Å². The van der Waals surface area contributed by atoms with Crippen LogP contribution in [0.2, 0.25) is 0 Å². The summed E-state index contributed by atoms with van der Waals surface area (Å²) in [6, 6.07) is 12.8. The minimum Gasteiger partial charge on any atom is -0.384 e. The zero-order chi connectivity index (χ0) is 14.7. The van der Waals surface area contributed by atoms with Crippen LogP contribution in [0.3, 0.4) is 0 Å². The van der Waals surface area contributed by atoms with E-state index in [9.17, 15) is 0 Å². The smallest absolute Gasteiger partial charge is 0.123 e. The maximum absolute atomic E-state index is 5.74. The standard InChI is InChI=1S/C17H22N4/c1-14-3-2-4-16(11-14)21-9-7-20(8-10-21)13-15-5-6-19-17(18)12-15/h2-6,11-12H,7-10,13H2,1H3,(H2,18,19). The molecule has 2 heterocycles. The van der Waals surface area contributed by atoms with Gasteiger partial charge < -0.3 is 10.6 Å². The summed E-state index contributed by atoms with van der Waals surface area (Å²) in [4.78, 5) is 8.98. The number of nitrogens with two attached hydrogens (primary N) is 1. The van der Waals surface area contributed by atoms with Crippen LogP contribution in [0, 0.1) is 6.92 Å². The molecule has 0 bridgehead atoms. The number of nitrogen functional groups attached to an aromatic ring is 1. The Hall–Kier alpha value is -2.07. The van der Waals surface area contributed by atoms with Gasteiger partial charge in [-0.15, -0.1) is 0 Å². The number of nitrogens with zero attached hydrogens (tertiary/aromatic N) is 3. The molecule has 4 heteroatoms. The number of hydrogen-bond acceptors (Lipinski definition) is 4. The van der Waals surface area contributed by atoms with Gasteiger partial charge in [-0.25, -0.2) is 4.98 Å². The third-order valence-electron chi connectivity index (χ3n) is 3.99. The maximum Gasteiger partial charge on any atom is 0.123 e. The Balaban J connectivity index is 1.58. The molecule has 0 spiro atoms. The molecule has 0 saturated carbocycles. The van der Waals surface area contributed by atoms with Gasteiger partial charge in [0.1, 0.15) is 5.82 Å². The van der Waals surface area contributed by atoms with Gasteiger partial charge in [0.05, 0.1) is 0 Å². The SMILES string of the molecule is Cc1cccc(N2CCN(Cc3ccnc(N)c3)CC2)c1. The first-order valence-electron chi connectivity index (χ1n) is 7.45. The summed E-state index contributed by atoms with van der Waals surface area (Å²) in [5.74, 6) is 0.603. The van der Waals surface area contributed by atoms with Crippen LogP contribution in [0.25, 0.3) is 0 Å². The van der Waals surface area contributed by atoms with E-state index in [1.807, 2.05) is 12.1 Å². The molecule has 0 amide bonds. The summed E-state index contributed by atoms with van der Waals surface area (Å²) in [6.07, 6.45) is 1.79. The molecule has 21 heavy (non-hydrogen) atoms. The third-order valence-corrected chi connectivity index (χ3v) is 3.99. The largest absolute Gasteiger partial charge is 0.384 e. The zero-order valence-corrected chi connectivity index (χ0v) is 12.5. The van der Waals surface area contributed by atoms with E-state index in [0.29, 0.717) is 5.82 Å². The Kier molecular flexibility index (Phi) is 4.06. The summed E-state index contributed by atoms with van der Waals surface area (Å²) in [7, 11) is 0. The fraction of sp³-hybridized carbons (Fsp3) is 0.353. The first-order chi connectivity index (χ1) is 10.2. The molecule has 1 saturated heterocycles. The Morgan fingerprint density at radius 3 is 2.62 bits per heavy atom. The first kappa shape index (κ1) is 13.9. The second-order valence-corrected chi connectivity index (χ2v) is 5.69. The minimum absolute atomic E-state index is 0.603. The lowest BCUT2D eigenvalue weighted by molar-refractivity contribution is 0.250. The number of anilines is 2. The molecule has 0 unspecified atom stereocenters. The summed E-state index contributed by atoms with van der Waals surface area (Å²) < 4.78 is 0. The molecule has 2 aromatic rings. The molecular weight excluding hydrogens is 260 g/mol. The lowest BCUT2D eigenvalue weighted by atomic mass is 10.2.